The first kappa shape index (κ1) is 19.2. The molecule has 6 N–H and O–H groups in total. The van der Waals surface area contributed by atoms with Gasteiger partial charge in [-0.3, -0.25) is 14.3 Å². The number of imidazole rings is 1. The average Bonchev–Trinajstić information content (AvgIpc) is 2.89. The van der Waals surface area contributed by atoms with Gasteiger partial charge < -0.3 is 21.3 Å². The van der Waals surface area contributed by atoms with Crippen LogP contribution in [0, 0.1) is 0 Å². The van der Waals surface area contributed by atoms with Crippen LogP contribution in [0.4, 0.5) is 11.9 Å². The van der Waals surface area contributed by atoms with Gasteiger partial charge in [-0.2, -0.15) is 4.98 Å². The number of nitrogen functional groups attached to an aromatic ring is 2. The van der Waals surface area contributed by atoms with Crippen molar-refractivity contribution in [3.8, 4) is 0 Å². The van der Waals surface area contributed by atoms with Crippen molar-refractivity contribution < 1.29 is 9.84 Å². The fraction of sp³-hybridized carbons (Fsp3) is 0.688. The van der Waals surface area contributed by atoms with Crippen LogP contribution in [0.25, 0.3) is 11.2 Å². The molecule has 2 heterocycles. The number of aliphatic hydroxyl groups excluding tert-OH is 1. The Morgan fingerprint density at radius 2 is 1.92 bits per heavy atom. The van der Waals surface area contributed by atoms with Gasteiger partial charge in [0.15, 0.2) is 11.2 Å². The highest BCUT2D eigenvalue weighted by atomic mass is 16.5. The summed E-state index contributed by atoms with van der Waals surface area (Å²) in [7, 11) is 0. The number of aliphatic hydroxyl groups is 1. The highest BCUT2D eigenvalue weighted by molar-refractivity contribution is 5.73. The van der Waals surface area contributed by atoms with Gasteiger partial charge in [0.1, 0.15) is 6.73 Å². The number of nitrogens with two attached hydrogens (primary N) is 2. The Kier molecular flexibility index (Phi) is 7.20. The maximum absolute atomic E-state index is 11.8. The number of hydrogen-bond acceptors (Lipinski definition) is 7. The molecule has 0 amide bonds. The third-order valence-electron chi connectivity index (χ3n) is 4.18. The van der Waals surface area contributed by atoms with Gasteiger partial charge in [-0.05, 0) is 6.42 Å². The van der Waals surface area contributed by atoms with Gasteiger partial charge in [0, 0.05) is 0 Å². The number of nitrogens with zero attached hydrogens (tertiary/aromatic N) is 3. The molecule has 0 aliphatic rings. The lowest BCUT2D eigenvalue weighted by molar-refractivity contribution is -0.0267. The van der Waals surface area contributed by atoms with Crippen LogP contribution in [0.1, 0.15) is 51.9 Å². The maximum Gasteiger partial charge on any atom is 0.280 e. The molecular weight excluding hydrogens is 324 g/mol. The quantitative estimate of drug-likeness (QED) is 0.447. The zero-order valence-corrected chi connectivity index (χ0v) is 14.7. The second-order valence-electron chi connectivity index (χ2n) is 6.18. The van der Waals surface area contributed by atoms with Gasteiger partial charge in [0.05, 0.1) is 12.7 Å². The number of aromatic nitrogens is 4. The average molecular weight is 352 g/mol. The summed E-state index contributed by atoms with van der Waals surface area (Å²) in [5.74, 6) is 0.110. The van der Waals surface area contributed by atoms with E-state index < -0.39 is 5.56 Å². The van der Waals surface area contributed by atoms with Crippen LogP contribution in [-0.2, 0) is 11.5 Å². The number of aromatic amines is 1. The SMILES string of the molecule is CCCCCCCCC(CO)OCn1c(N)nc2c(=O)[nH]c(N)nc21. The Balaban J connectivity index is 1.92. The first-order chi connectivity index (χ1) is 12.1. The fourth-order valence-electron chi connectivity index (χ4n) is 2.73. The zero-order chi connectivity index (χ0) is 18.2. The van der Waals surface area contributed by atoms with E-state index in [1.165, 1.54) is 30.3 Å². The second kappa shape index (κ2) is 9.38. The fourth-order valence-corrected chi connectivity index (χ4v) is 2.73. The van der Waals surface area contributed by atoms with Crippen LogP contribution in [0.5, 0.6) is 0 Å². The second-order valence-corrected chi connectivity index (χ2v) is 6.18. The Morgan fingerprint density at radius 1 is 1.20 bits per heavy atom. The number of H-pyrrole nitrogens is 1. The predicted molar refractivity (Wildman–Crippen MR) is 96.9 cm³/mol. The summed E-state index contributed by atoms with van der Waals surface area (Å²) in [5, 5.41) is 9.49. The van der Waals surface area contributed by atoms with E-state index in [-0.39, 0.29) is 42.5 Å². The molecule has 9 nitrogen and oxygen atoms in total. The van der Waals surface area contributed by atoms with Crippen molar-refractivity contribution in [3.63, 3.8) is 0 Å². The molecule has 0 aliphatic carbocycles. The summed E-state index contributed by atoms with van der Waals surface area (Å²) in [6.07, 6.45) is 7.56. The Morgan fingerprint density at radius 3 is 2.64 bits per heavy atom. The van der Waals surface area contributed by atoms with Crippen LogP contribution in [-0.4, -0.2) is 37.3 Å². The Labute approximate surface area is 146 Å². The molecule has 2 aromatic heterocycles. The number of ether oxygens (including phenoxy) is 1. The van der Waals surface area contributed by atoms with E-state index >= 15 is 0 Å². The Hall–Kier alpha value is -2.13. The van der Waals surface area contributed by atoms with E-state index in [4.69, 9.17) is 16.2 Å². The summed E-state index contributed by atoms with van der Waals surface area (Å²) in [6.45, 7) is 2.17. The summed E-state index contributed by atoms with van der Waals surface area (Å²) in [5.41, 5.74) is 11.4. The first-order valence-electron chi connectivity index (χ1n) is 8.80. The van der Waals surface area contributed by atoms with Crippen molar-refractivity contribution in [3.05, 3.63) is 10.4 Å². The van der Waals surface area contributed by atoms with E-state index in [1.54, 1.807) is 0 Å². The summed E-state index contributed by atoms with van der Waals surface area (Å²) >= 11 is 0. The predicted octanol–water partition coefficient (Wildman–Crippen LogP) is 1.37. The molecule has 1 unspecified atom stereocenters. The number of unbranched alkanes of at least 4 members (excludes halogenated alkanes) is 5. The van der Waals surface area contributed by atoms with Crippen LogP contribution in [0.15, 0.2) is 4.79 Å². The third-order valence-corrected chi connectivity index (χ3v) is 4.18. The van der Waals surface area contributed by atoms with Crippen molar-refractivity contribution in [1.29, 1.82) is 0 Å². The van der Waals surface area contributed by atoms with E-state index in [0.717, 1.165) is 19.3 Å². The van der Waals surface area contributed by atoms with Gasteiger partial charge in [-0.1, -0.05) is 45.4 Å². The molecule has 0 saturated heterocycles. The van der Waals surface area contributed by atoms with Crippen molar-refractivity contribution in [1.82, 2.24) is 19.5 Å². The molecule has 0 aromatic carbocycles. The molecular formula is C16H28N6O3. The molecule has 2 aromatic rings. The van der Waals surface area contributed by atoms with Crippen molar-refractivity contribution in [2.75, 3.05) is 18.1 Å². The van der Waals surface area contributed by atoms with E-state index in [1.807, 2.05) is 0 Å². The van der Waals surface area contributed by atoms with Gasteiger partial charge in [0.25, 0.3) is 5.56 Å². The van der Waals surface area contributed by atoms with Gasteiger partial charge >= 0.3 is 0 Å². The van der Waals surface area contributed by atoms with Crippen molar-refractivity contribution in [2.45, 2.75) is 64.7 Å². The van der Waals surface area contributed by atoms with Gasteiger partial charge in [0.2, 0.25) is 11.9 Å². The summed E-state index contributed by atoms with van der Waals surface area (Å²) < 4.78 is 7.21. The molecule has 25 heavy (non-hydrogen) atoms. The van der Waals surface area contributed by atoms with Crippen molar-refractivity contribution in [2.24, 2.45) is 0 Å². The topological polar surface area (TPSA) is 145 Å². The molecule has 0 fully saturated rings. The first-order valence-corrected chi connectivity index (χ1v) is 8.80. The lowest BCUT2D eigenvalue weighted by Gasteiger charge is -2.16. The highest BCUT2D eigenvalue weighted by Crippen LogP contribution is 2.15. The summed E-state index contributed by atoms with van der Waals surface area (Å²) in [4.78, 5) is 22.3. The largest absolute Gasteiger partial charge is 0.394 e. The van der Waals surface area contributed by atoms with E-state index in [9.17, 15) is 9.90 Å². The zero-order valence-electron chi connectivity index (χ0n) is 14.7. The van der Waals surface area contributed by atoms with Gasteiger partial charge in [-0.15, -0.1) is 0 Å². The molecule has 2 rings (SSSR count). The molecule has 140 valence electrons. The number of fused-ring (bicyclic) bond motifs is 1. The van der Waals surface area contributed by atoms with Crippen LogP contribution in [0.2, 0.25) is 0 Å². The molecule has 1 atom stereocenters. The standard InChI is InChI=1S/C16H28N6O3/c1-2-3-4-5-6-7-8-11(9-23)25-10-22-13-12(19-16(22)18)14(24)21-15(17)20-13/h11,23H,2-10H2,1H3,(H2,18,19)(H3,17,20,21,24). The van der Waals surface area contributed by atoms with Gasteiger partial charge in [-0.25, -0.2) is 4.98 Å². The molecule has 0 spiro atoms. The molecule has 9 heteroatoms. The van der Waals surface area contributed by atoms with Crippen LogP contribution >= 0.6 is 0 Å². The maximum atomic E-state index is 11.8. The highest BCUT2D eigenvalue weighted by Gasteiger charge is 2.15. The minimum absolute atomic E-state index is 0.00978. The molecule has 0 bridgehead atoms. The van der Waals surface area contributed by atoms with Crippen LogP contribution in [0.3, 0.4) is 0 Å². The minimum Gasteiger partial charge on any atom is -0.394 e. The molecule has 0 saturated carbocycles. The lowest BCUT2D eigenvalue weighted by Crippen LogP contribution is -2.20. The third kappa shape index (κ3) is 5.17. The number of rotatable bonds is 11. The number of nitrogens with one attached hydrogen (secondary N) is 1. The van der Waals surface area contributed by atoms with Crippen molar-refractivity contribution >= 4 is 23.1 Å². The van der Waals surface area contributed by atoms with Crippen LogP contribution < -0.4 is 17.0 Å². The number of hydrogen-bond donors (Lipinski definition) is 4. The molecule has 0 radical (unpaired) electrons. The van der Waals surface area contributed by atoms with E-state index in [0.29, 0.717) is 0 Å². The normalized spacial score (nSPS) is 12.7. The Bertz CT molecular complexity index is 726. The minimum atomic E-state index is -0.446. The number of anilines is 2. The summed E-state index contributed by atoms with van der Waals surface area (Å²) in [6, 6.07) is 0. The lowest BCUT2D eigenvalue weighted by atomic mass is 10.1. The van der Waals surface area contributed by atoms with E-state index in [2.05, 4.69) is 21.9 Å². The molecule has 0 aliphatic heterocycles. The smallest absolute Gasteiger partial charge is 0.280 e. The monoisotopic (exact) mass is 352 g/mol.